The van der Waals surface area contributed by atoms with E-state index < -0.39 is 0 Å². The van der Waals surface area contributed by atoms with Gasteiger partial charge >= 0.3 is 0 Å². The van der Waals surface area contributed by atoms with Crippen LogP contribution in [0.5, 0.6) is 0 Å². The zero-order valence-electron chi connectivity index (χ0n) is 3.13. The summed E-state index contributed by atoms with van der Waals surface area (Å²) in [5.41, 5.74) is 1.09. The van der Waals surface area contributed by atoms with Gasteiger partial charge in [0.2, 0.25) is 0 Å². The summed E-state index contributed by atoms with van der Waals surface area (Å²) in [4.78, 5) is 0. The average Bonchev–Trinajstić information content (AvgIpc) is 1.72. The Bertz CT molecular complexity index is 142. The lowest BCUT2D eigenvalue weighted by Crippen LogP contribution is -2.05. The molecule has 0 aromatic carbocycles. The van der Waals surface area contributed by atoms with Crippen LogP contribution in [0.2, 0.25) is 0 Å². The van der Waals surface area contributed by atoms with Gasteiger partial charge in [0.25, 0.3) is 0 Å². The van der Waals surface area contributed by atoms with Gasteiger partial charge in [0.05, 0.1) is 5.69 Å². The third-order valence-electron chi connectivity index (χ3n) is 0.894. The van der Waals surface area contributed by atoms with Gasteiger partial charge in [-0.25, -0.2) is 0 Å². The van der Waals surface area contributed by atoms with Crippen LogP contribution in [-0.4, -0.2) is 9.78 Å². The second kappa shape index (κ2) is 0.511. The average molecular weight is 79.1 g/mol. The van der Waals surface area contributed by atoms with Gasteiger partial charge in [-0.3, -0.25) is 4.68 Å². The quantitative estimate of drug-likeness (QED) is 0.442. The van der Waals surface area contributed by atoms with Crippen molar-refractivity contribution < 1.29 is 0 Å². The van der Waals surface area contributed by atoms with Crippen molar-refractivity contribution in [3.63, 3.8) is 0 Å². The van der Waals surface area contributed by atoms with Crippen LogP contribution in [0.15, 0.2) is 12.3 Å². The molecule has 2 aliphatic heterocycles. The van der Waals surface area contributed by atoms with Crippen molar-refractivity contribution in [1.82, 2.24) is 9.78 Å². The minimum atomic E-state index is 1.09. The van der Waals surface area contributed by atoms with Crippen LogP contribution in [0.4, 0.5) is 0 Å². The molecular weight excluding hydrogens is 76.1 g/mol. The van der Waals surface area contributed by atoms with Crippen LogP contribution in [0.25, 0.3) is 0 Å². The Morgan fingerprint density at radius 3 is 2.67 bits per heavy atom. The van der Waals surface area contributed by atoms with E-state index in [0.717, 1.165) is 5.69 Å². The van der Waals surface area contributed by atoms with Crippen molar-refractivity contribution in [3.05, 3.63) is 24.5 Å². The van der Waals surface area contributed by atoms with Gasteiger partial charge in [-0.15, -0.1) is 0 Å². The van der Waals surface area contributed by atoms with E-state index in [1.807, 2.05) is 18.8 Å². The molecule has 6 heavy (non-hydrogen) atoms. The van der Waals surface area contributed by atoms with Gasteiger partial charge < -0.3 is 0 Å². The van der Waals surface area contributed by atoms with E-state index in [1.54, 1.807) is 4.68 Å². The van der Waals surface area contributed by atoms with Crippen LogP contribution < -0.4 is 0 Å². The maximum absolute atomic E-state index is 3.92. The highest BCUT2D eigenvalue weighted by molar-refractivity contribution is 5.19. The van der Waals surface area contributed by atoms with Crippen molar-refractivity contribution in [2.75, 3.05) is 0 Å². The fraction of sp³-hybridized carbons (Fsp3) is 0. The minimum absolute atomic E-state index is 1.09. The third-order valence-corrected chi connectivity index (χ3v) is 0.894. The largest absolute Gasteiger partial charge is 0.261 e. The van der Waals surface area contributed by atoms with Crippen molar-refractivity contribution in [2.24, 2.45) is 0 Å². The number of hydrogen-bond acceptors (Lipinski definition) is 1. The predicted molar refractivity (Wildman–Crippen MR) is 21.0 cm³/mol. The molecule has 0 N–H and O–H groups in total. The summed E-state index contributed by atoms with van der Waals surface area (Å²) < 4.78 is 1.79. The van der Waals surface area contributed by atoms with Crippen LogP contribution in [0, 0.1) is 6.54 Å². The fourth-order valence-corrected chi connectivity index (χ4v) is 0.573. The molecule has 0 fully saturated rings. The van der Waals surface area contributed by atoms with Crippen LogP contribution in [-0.2, 0) is 0 Å². The number of fused-ring (bicyclic) bond motifs is 1. The Morgan fingerprint density at radius 2 is 2.50 bits per heavy atom. The zero-order chi connectivity index (χ0) is 3.98. The van der Waals surface area contributed by atoms with Crippen molar-refractivity contribution >= 4 is 0 Å². The summed E-state index contributed by atoms with van der Waals surface area (Å²) in [5.74, 6) is 0. The number of nitrogens with zero attached hydrogens (tertiary/aromatic N) is 2. The molecule has 0 saturated heterocycles. The van der Waals surface area contributed by atoms with Gasteiger partial charge in [0, 0.05) is 6.20 Å². The second-order valence-electron chi connectivity index (χ2n) is 1.35. The van der Waals surface area contributed by atoms with E-state index in [4.69, 9.17) is 0 Å². The third kappa shape index (κ3) is 0.105. The molecule has 3 rings (SSSR count). The molecule has 29 valence electrons. The molecule has 2 bridgehead atoms. The summed E-state index contributed by atoms with van der Waals surface area (Å²) in [5, 5.41) is 3.92. The Morgan fingerprint density at radius 1 is 1.67 bits per heavy atom. The summed E-state index contributed by atoms with van der Waals surface area (Å²) >= 11 is 0. The molecular formula is C4H3N2. The molecule has 0 saturated carbocycles. The first kappa shape index (κ1) is 2.39. The van der Waals surface area contributed by atoms with Crippen molar-refractivity contribution in [1.29, 1.82) is 0 Å². The maximum Gasteiger partial charge on any atom is 0.124 e. The first-order valence-corrected chi connectivity index (χ1v) is 1.85. The molecule has 0 aliphatic carbocycles. The van der Waals surface area contributed by atoms with Crippen LogP contribution >= 0.6 is 0 Å². The molecule has 3 heterocycles. The normalized spacial score (nSPS) is 14.0. The highest BCUT2D eigenvalue weighted by atomic mass is 15.3. The van der Waals surface area contributed by atoms with Gasteiger partial charge in [0.1, 0.15) is 6.54 Å². The highest BCUT2D eigenvalue weighted by Crippen LogP contribution is 2.09. The summed E-state index contributed by atoms with van der Waals surface area (Å²) in [6, 6.07) is 1.97. The lowest BCUT2D eigenvalue weighted by molar-refractivity contribution is 0.725. The number of aromatic nitrogens is 2. The first-order valence-electron chi connectivity index (χ1n) is 1.85. The van der Waals surface area contributed by atoms with E-state index >= 15 is 0 Å². The van der Waals surface area contributed by atoms with Crippen LogP contribution in [0.1, 0.15) is 5.69 Å². The van der Waals surface area contributed by atoms with Crippen molar-refractivity contribution in [2.45, 2.75) is 0 Å². The molecule has 2 aliphatic rings. The van der Waals surface area contributed by atoms with Gasteiger partial charge in [-0.2, -0.15) is 5.10 Å². The molecule has 0 spiro atoms. The Labute approximate surface area is 35.4 Å². The molecule has 0 atom stereocenters. The monoisotopic (exact) mass is 79.0 g/mol. The maximum atomic E-state index is 3.92. The number of rotatable bonds is 0. The molecule has 1 aromatic heterocycles. The molecule has 2 heteroatoms. The van der Waals surface area contributed by atoms with Gasteiger partial charge in [0.15, 0.2) is 0 Å². The Balaban J connectivity index is 2.95. The summed E-state index contributed by atoms with van der Waals surface area (Å²) in [6.45, 7) is 1.97. The molecule has 2 nitrogen and oxygen atoms in total. The van der Waals surface area contributed by atoms with E-state index in [9.17, 15) is 0 Å². The smallest absolute Gasteiger partial charge is 0.124 e. The highest BCUT2D eigenvalue weighted by Gasteiger charge is 2.08. The molecule has 1 aromatic rings. The van der Waals surface area contributed by atoms with E-state index in [1.165, 1.54) is 0 Å². The van der Waals surface area contributed by atoms with Gasteiger partial charge in [-0.1, -0.05) is 0 Å². The van der Waals surface area contributed by atoms with Gasteiger partial charge in [-0.05, 0) is 6.07 Å². The molecule has 1 radical (unpaired) electrons. The Hall–Kier alpha value is -0.790. The summed E-state index contributed by atoms with van der Waals surface area (Å²) in [6.07, 6.45) is 1.93. The molecule has 0 amide bonds. The van der Waals surface area contributed by atoms with E-state index in [0.29, 0.717) is 0 Å². The Kier molecular flexibility index (Phi) is 0.204. The second-order valence-corrected chi connectivity index (χ2v) is 1.35. The SMILES string of the molecule is [CH]1c2ccn1n2. The zero-order valence-corrected chi connectivity index (χ0v) is 3.13. The van der Waals surface area contributed by atoms with Crippen LogP contribution in [0.3, 0.4) is 0 Å². The minimum Gasteiger partial charge on any atom is -0.261 e. The fourth-order valence-electron chi connectivity index (χ4n) is 0.573. The lowest BCUT2D eigenvalue weighted by atomic mass is 10.5. The molecule has 0 unspecified atom stereocenters. The summed E-state index contributed by atoms with van der Waals surface area (Å²) in [7, 11) is 0. The van der Waals surface area contributed by atoms with E-state index in [-0.39, 0.29) is 0 Å². The van der Waals surface area contributed by atoms with Crippen molar-refractivity contribution in [3.8, 4) is 0 Å². The predicted octanol–water partition coefficient (Wildman–Crippen LogP) is 0.255. The standard InChI is InChI=1S/C4H3N2/c1-2-6-3-4(1)5-6/h1-3H. The lowest BCUT2D eigenvalue weighted by Gasteiger charge is -2.01. The number of hydrogen-bond donors (Lipinski definition) is 0. The first-order chi connectivity index (χ1) is 2.95. The van der Waals surface area contributed by atoms with E-state index in [2.05, 4.69) is 5.10 Å². The topological polar surface area (TPSA) is 17.8 Å².